The van der Waals surface area contributed by atoms with Crippen LogP contribution in [-0.2, 0) is 4.79 Å². The summed E-state index contributed by atoms with van der Waals surface area (Å²) < 4.78 is 5.18. The fourth-order valence-corrected chi connectivity index (χ4v) is 2.25. The molecule has 1 aliphatic heterocycles. The molecule has 2 heterocycles. The van der Waals surface area contributed by atoms with Crippen molar-refractivity contribution >= 4 is 12.0 Å². The van der Waals surface area contributed by atoms with Gasteiger partial charge in [-0.2, -0.15) is 0 Å². The molecule has 1 unspecified atom stereocenters. The molecule has 1 fully saturated rings. The Balaban J connectivity index is 1.98. The van der Waals surface area contributed by atoms with Crippen LogP contribution in [0.5, 0.6) is 0 Å². The van der Waals surface area contributed by atoms with Gasteiger partial charge in [-0.05, 0) is 37.6 Å². The summed E-state index contributed by atoms with van der Waals surface area (Å²) in [4.78, 5) is 14.1. The maximum Gasteiger partial charge on any atom is 0.246 e. The van der Waals surface area contributed by atoms with Crippen LogP contribution in [-0.4, -0.2) is 36.5 Å². The van der Waals surface area contributed by atoms with E-state index in [2.05, 4.69) is 12.2 Å². The van der Waals surface area contributed by atoms with E-state index in [1.165, 1.54) is 0 Å². The fourth-order valence-electron chi connectivity index (χ4n) is 2.25. The molecule has 0 spiro atoms. The SMILES string of the molecule is CCCN(C(=O)C=Cc1ccco1)C1CCNC1. The van der Waals surface area contributed by atoms with Gasteiger partial charge in [0.1, 0.15) is 5.76 Å². The summed E-state index contributed by atoms with van der Waals surface area (Å²) in [5.41, 5.74) is 0. The quantitative estimate of drug-likeness (QED) is 0.809. The molecule has 0 radical (unpaired) electrons. The van der Waals surface area contributed by atoms with Crippen molar-refractivity contribution in [2.24, 2.45) is 0 Å². The number of rotatable bonds is 5. The first-order valence-electron chi connectivity index (χ1n) is 6.54. The standard InChI is InChI=1S/C14H20N2O2/c1-2-9-16(12-7-8-15-11-12)14(17)6-5-13-4-3-10-18-13/h3-6,10,12,15H,2,7-9,11H2,1H3. The van der Waals surface area contributed by atoms with Gasteiger partial charge < -0.3 is 14.6 Å². The van der Waals surface area contributed by atoms with Crippen LogP contribution in [0, 0.1) is 0 Å². The van der Waals surface area contributed by atoms with Gasteiger partial charge in [-0.25, -0.2) is 0 Å². The van der Waals surface area contributed by atoms with E-state index in [4.69, 9.17) is 4.42 Å². The molecule has 1 aromatic heterocycles. The Morgan fingerprint density at radius 3 is 3.17 bits per heavy atom. The van der Waals surface area contributed by atoms with Gasteiger partial charge in [0.2, 0.25) is 5.91 Å². The molecule has 1 saturated heterocycles. The fraction of sp³-hybridized carbons (Fsp3) is 0.500. The molecule has 2 rings (SSSR count). The van der Waals surface area contributed by atoms with Gasteiger partial charge in [0.15, 0.2) is 0 Å². The van der Waals surface area contributed by atoms with E-state index in [0.29, 0.717) is 11.8 Å². The van der Waals surface area contributed by atoms with Crippen LogP contribution < -0.4 is 5.32 Å². The number of nitrogens with one attached hydrogen (secondary N) is 1. The second-order valence-electron chi connectivity index (χ2n) is 4.53. The first-order valence-corrected chi connectivity index (χ1v) is 6.54. The summed E-state index contributed by atoms with van der Waals surface area (Å²) in [6.07, 6.45) is 6.96. The predicted octanol–water partition coefficient (Wildman–Crippen LogP) is 1.89. The zero-order valence-corrected chi connectivity index (χ0v) is 10.8. The third kappa shape index (κ3) is 3.23. The molecule has 0 aliphatic carbocycles. The first-order chi connectivity index (χ1) is 8.81. The van der Waals surface area contributed by atoms with Crippen molar-refractivity contribution in [2.45, 2.75) is 25.8 Å². The Bertz CT molecular complexity index is 392. The zero-order valence-electron chi connectivity index (χ0n) is 10.8. The Labute approximate surface area is 108 Å². The van der Waals surface area contributed by atoms with E-state index in [0.717, 1.165) is 32.5 Å². The van der Waals surface area contributed by atoms with Crippen molar-refractivity contribution in [3.63, 3.8) is 0 Å². The van der Waals surface area contributed by atoms with Gasteiger partial charge in [-0.3, -0.25) is 4.79 Å². The molecule has 1 atom stereocenters. The number of furan rings is 1. The molecule has 0 bridgehead atoms. The number of amides is 1. The maximum atomic E-state index is 12.2. The van der Waals surface area contributed by atoms with Crippen LogP contribution in [0.15, 0.2) is 28.9 Å². The smallest absolute Gasteiger partial charge is 0.246 e. The molecular weight excluding hydrogens is 228 g/mol. The van der Waals surface area contributed by atoms with Gasteiger partial charge in [0, 0.05) is 25.2 Å². The number of hydrogen-bond acceptors (Lipinski definition) is 3. The van der Waals surface area contributed by atoms with Crippen LogP contribution in [0.1, 0.15) is 25.5 Å². The molecule has 98 valence electrons. The van der Waals surface area contributed by atoms with Crippen molar-refractivity contribution in [2.75, 3.05) is 19.6 Å². The largest absolute Gasteiger partial charge is 0.465 e. The lowest BCUT2D eigenvalue weighted by Crippen LogP contribution is -2.41. The predicted molar refractivity (Wildman–Crippen MR) is 71.0 cm³/mol. The minimum absolute atomic E-state index is 0.0713. The highest BCUT2D eigenvalue weighted by atomic mass is 16.3. The Morgan fingerprint density at radius 2 is 2.56 bits per heavy atom. The van der Waals surface area contributed by atoms with E-state index in [9.17, 15) is 4.79 Å². The molecule has 4 nitrogen and oxygen atoms in total. The lowest BCUT2D eigenvalue weighted by Gasteiger charge is -2.26. The molecule has 0 saturated carbocycles. The van der Waals surface area contributed by atoms with Gasteiger partial charge in [0.25, 0.3) is 0 Å². The maximum absolute atomic E-state index is 12.2. The number of carbonyl (C=O) groups is 1. The van der Waals surface area contributed by atoms with E-state index in [-0.39, 0.29) is 5.91 Å². The number of nitrogens with zero attached hydrogens (tertiary/aromatic N) is 1. The van der Waals surface area contributed by atoms with Gasteiger partial charge in [0.05, 0.1) is 6.26 Å². The van der Waals surface area contributed by atoms with Crippen LogP contribution >= 0.6 is 0 Å². The van der Waals surface area contributed by atoms with Crippen LogP contribution in [0.3, 0.4) is 0 Å². The number of hydrogen-bond donors (Lipinski definition) is 1. The summed E-state index contributed by atoms with van der Waals surface area (Å²) in [5, 5.41) is 3.30. The highest BCUT2D eigenvalue weighted by Crippen LogP contribution is 2.11. The van der Waals surface area contributed by atoms with Crippen molar-refractivity contribution in [3.05, 3.63) is 30.2 Å². The monoisotopic (exact) mass is 248 g/mol. The van der Waals surface area contributed by atoms with Crippen molar-refractivity contribution < 1.29 is 9.21 Å². The van der Waals surface area contributed by atoms with Crippen LogP contribution in [0.4, 0.5) is 0 Å². The lowest BCUT2D eigenvalue weighted by atomic mass is 10.2. The zero-order chi connectivity index (χ0) is 12.8. The van der Waals surface area contributed by atoms with Crippen LogP contribution in [0.25, 0.3) is 6.08 Å². The number of carbonyl (C=O) groups excluding carboxylic acids is 1. The van der Waals surface area contributed by atoms with Crippen molar-refractivity contribution in [1.82, 2.24) is 10.2 Å². The molecule has 4 heteroatoms. The molecular formula is C14H20N2O2. The molecule has 0 aromatic carbocycles. The van der Waals surface area contributed by atoms with E-state index >= 15 is 0 Å². The first kappa shape index (κ1) is 12.9. The Hall–Kier alpha value is -1.55. The Kier molecular flexibility index (Phi) is 4.59. The summed E-state index contributed by atoms with van der Waals surface area (Å²) in [6, 6.07) is 3.98. The highest BCUT2D eigenvalue weighted by molar-refractivity contribution is 5.91. The van der Waals surface area contributed by atoms with E-state index in [1.807, 2.05) is 17.0 Å². The second-order valence-corrected chi connectivity index (χ2v) is 4.53. The second kappa shape index (κ2) is 6.40. The average molecular weight is 248 g/mol. The summed E-state index contributed by atoms with van der Waals surface area (Å²) >= 11 is 0. The average Bonchev–Trinajstić information content (AvgIpc) is 3.05. The third-order valence-corrected chi connectivity index (χ3v) is 3.16. The topological polar surface area (TPSA) is 45.5 Å². The van der Waals surface area contributed by atoms with E-state index < -0.39 is 0 Å². The molecule has 1 aromatic rings. The molecule has 1 amide bonds. The van der Waals surface area contributed by atoms with Crippen LogP contribution in [0.2, 0.25) is 0 Å². The Morgan fingerprint density at radius 1 is 1.67 bits per heavy atom. The van der Waals surface area contributed by atoms with E-state index in [1.54, 1.807) is 18.4 Å². The molecule has 1 N–H and O–H groups in total. The summed E-state index contributed by atoms with van der Waals surface area (Å²) in [5.74, 6) is 0.784. The van der Waals surface area contributed by atoms with Crippen molar-refractivity contribution in [1.29, 1.82) is 0 Å². The lowest BCUT2D eigenvalue weighted by molar-refractivity contribution is -0.127. The van der Waals surface area contributed by atoms with Crippen molar-refractivity contribution in [3.8, 4) is 0 Å². The summed E-state index contributed by atoms with van der Waals surface area (Å²) in [6.45, 7) is 4.81. The normalized spacial score (nSPS) is 19.5. The third-order valence-electron chi connectivity index (χ3n) is 3.16. The minimum Gasteiger partial charge on any atom is -0.465 e. The highest BCUT2D eigenvalue weighted by Gasteiger charge is 2.24. The minimum atomic E-state index is 0.0713. The van der Waals surface area contributed by atoms with Gasteiger partial charge in [-0.1, -0.05) is 6.92 Å². The molecule has 18 heavy (non-hydrogen) atoms. The summed E-state index contributed by atoms with van der Waals surface area (Å²) in [7, 11) is 0. The van der Waals surface area contributed by atoms with Gasteiger partial charge >= 0.3 is 0 Å². The molecule has 1 aliphatic rings. The van der Waals surface area contributed by atoms with Gasteiger partial charge in [-0.15, -0.1) is 0 Å².